The topological polar surface area (TPSA) is 46.6 Å². The molecule has 0 saturated carbocycles. The molecule has 2 unspecified atom stereocenters. The van der Waals surface area contributed by atoms with Crippen LogP contribution in [0.1, 0.15) is 23.6 Å². The van der Waals surface area contributed by atoms with Crippen LogP contribution in [0.4, 0.5) is 0 Å². The molecule has 3 heterocycles. The summed E-state index contributed by atoms with van der Waals surface area (Å²) in [5.41, 5.74) is 9.68. The van der Waals surface area contributed by atoms with E-state index >= 15 is 0 Å². The van der Waals surface area contributed by atoms with Crippen LogP contribution in [0.3, 0.4) is 0 Å². The number of aromatic nitrogens is 2. The van der Waals surface area contributed by atoms with E-state index in [-0.39, 0.29) is 6.04 Å². The summed E-state index contributed by atoms with van der Waals surface area (Å²) >= 11 is 0. The van der Waals surface area contributed by atoms with Crippen LogP contribution >= 0.6 is 0 Å². The van der Waals surface area contributed by atoms with Crippen LogP contribution < -0.4 is 5.73 Å². The number of nitrogens with two attached hydrogens (primary N) is 1. The quantitative estimate of drug-likeness (QED) is 0.824. The zero-order valence-electron chi connectivity index (χ0n) is 11.0. The van der Waals surface area contributed by atoms with Crippen molar-refractivity contribution in [3.05, 3.63) is 35.8 Å². The highest BCUT2D eigenvalue weighted by atomic mass is 15.1. The molecule has 0 bridgehead atoms. The largest absolute Gasteiger partial charge is 0.327 e. The SMILES string of the molecule is Cc1ccn2c(C3CC(N)CN(C)C3)cnc2c1. The lowest BCUT2D eigenvalue weighted by atomic mass is 9.92. The third kappa shape index (κ3) is 2.02. The predicted molar refractivity (Wildman–Crippen MR) is 72.8 cm³/mol. The van der Waals surface area contributed by atoms with E-state index in [9.17, 15) is 0 Å². The lowest BCUT2D eigenvalue weighted by Gasteiger charge is -2.33. The van der Waals surface area contributed by atoms with Crippen LogP contribution in [0.5, 0.6) is 0 Å². The van der Waals surface area contributed by atoms with E-state index in [0.717, 1.165) is 25.2 Å². The first-order valence-electron chi connectivity index (χ1n) is 6.51. The Bertz CT molecular complexity index is 550. The molecule has 96 valence electrons. The van der Waals surface area contributed by atoms with Gasteiger partial charge in [-0.15, -0.1) is 0 Å². The van der Waals surface area contributed by atoms with Gasteiger partial charge in [-0.25, -0.2) is 4.98 Å². The summed E-state index contributed by atoms with van der Waals surface area (Å²) in [6.07, 6.45) is 5.17. The maximum absolute atomic E-state index is 6.12. The van der Waals surface area contributed by atoms with Gasteiger partial charge in [0.15, 0.2) is 0 Å². The first-order chi connectivity index (χ1) is 8.63. The molecule has 2 N–H and O–H groups in total. The van der Waals surface area contributed by atoms with Crippen LogP contribution in [0.2, 0.25) is 0 Å². The first kappa shape index (κ1) is 11.7. The molecule has 4 heteroatoms. The number of nitrogens with zero attached hydrogens (tertiary/aromatic N) is 3. The van der Waals surface area contributed by atoms with Crippen LogP contribution in [0.25, 0.3) is 5.65 Å². The predicted octanol–water partition coefficient (Wildman–Crippen LogP) is 1.39. The maximum atomic E-state index is 6.12. The molecule has 2 aromatic rings. The molecular formula is C14H20N4. The Morgan fingerprint density at radius 1 is 1.39 bits per heavy atom. The number of hydrogen-bond acceptors (Lipinski definition) is 3. The molecule has 0 aliphatic carbocycles. The van der Waals surface area contributed by atoms with Crippen molar-refractivity contribution in [2.24, 2.45) is 5.73 Å². The minimum absolute atomic E-state index is 0.268. The van der Waals surface area contributed by atoms with Crippen molar-refractivity contribution in [2.75, 3.05) is 20.1 Å². The number of hydrogen-bond donors (Lipinski definition) is 1. The summed E-state index contributed by atoms with van der Waals surface area (Å²) in [6.45, 7) is 4.15. The Morgan fingerprint density at radius 2 is 2.22 bits per heavy atom. The molecule has 1 saturated heterocycles. The summed E-state index contributed by atoms with van der Waals surface area (Å²) < 4.78 is 2.20. The van der Waals surface area contributed by atoms with Crippen LogP contribution in [-0.4, -0.2) is 40.5 Å². The zero-order valence-corrected chi connectivity index (χ0v) is 11.0. The van der Waals surface area contributed by atoms with Crippen molar-refractivity contribution in [3.63, 3.8) is 0 Å². The first-order valence-corrected chi connectivity index (χ1v) is 6.51. The van der Waals surface area contributed by atoms with Gasteiger partial charge in [0.1, 0.15) is 5.65 Å². The molecule has 1 aliphatic rings. The van der Waals surface area contributed by atoms with Gasteiger partial charge in [0.05, 0.1) is 0 Å². The standard InChI is InChI=1S/C14H20N4/c1-10-3-4-18-13(7-16-14(18)5-10)11-6-12(15)9-17(2)8-11/h3-5,7,11-12H,6,8-9,15H2,1-2H3. The molecule has 4 nitrogen and oxygen atoms in total. The van der Waals surface area contributed by atoms with E-state index in [0.29, 0.717) is 5.92 Å². The summed E-state index contributed by atoms with van der Waals surface area (Å²) in [5.74, 6) is 0.483. The molecule has 2 aromatic heterocycles. The number of piperidine rings is 1. The zero-order chi connectivity index (χ0) is 12.7. The fourth-order valence-corrected chi connectivity index (χ4v) is 2.98. The maximum Gasteiger partial charge on any atom is 0.137 e. The van der Waals surface area contributed by atoms with Crippen LogP contribution in [0.15, 0.2) is 24.5 Å². The number of aryl methyl sites for hydroxylation is 1. The third-order valence-electron chi connectivity index (χ3n) is 3.78. The van der Waals surface area contributed by atoms with E-state index in [2.05, 4.69) is 46.6 Å². The van der Waals surface area contributed by atoms with Crippen molar-refractivity contribution in [1.29, 1.82) is 0 Å². The van der Waals surface area contributed by atoms with E-state index in [1.807, 2.05) is 6.20 Å². The Kier molecular flexibility index (Phi) is 2.84. The van der Waals surface area contributed by atoms with Gasteiger partial charge in [0.25, 0.3) is 0 Å². The summed E-state index contributed by atoms with van der Waals surface area (Å²) in [4.78, 5) is 6.82. The summed E-state index contributed by atoms with van der Waals surface area (Å²) in [5, 5.41) is 0. The second-order valence-electron chi connectivity index (χ2n) is 5.53. The van der Waals surface area contributed by atoms with Crippen molar-refractivity contribution >= 4 is 5.65 Å². The number of pyridine rings is 1. The second kappa shape index (κ2) is 4.37. The van der Waals surface area contributed by atoms with E-state index in [1.54, 1.807) is 0 Å². The fourth-order valence-electron chi connectivity index (χ4n) is 2.98. The van der Waals surface area contributed by atoms with Gasteiger partial charge < -0.3 is 15.0 Å². The summed E-state index contributed by atoms with van der Waals surface area (Å²) in [6, 6.07) is 4.52. The van der Waals surface area contributed by atoms with Gasteiger partial charge in [0, 0.05) is 43.1 Å². The van der Waals surface area contributed by atoms with Crippen LogP contribution in [0, 0.1) is 6.92 Å². The van der Waals surface area contributed by atoms with Crippen molar-refractivity contribution < 1.29 is 0 Å². The lowest BCUT2D eigenvalue weighted by molar-refractivity contribution is 0.224. The third-order valence-corrected chi connectivity index (χ3v) is 3.78. The number of imidazole rings is 1. The normalized spacial score (nSPS) is 25.7. The highest BCUT2D eigenvalue weighted by molar-refractivity contribution is 5.43. The van der Waals surface area contributed by atoms with Crippen LogP contribution in [-0.2, 0) is 0 Å². The van der Waals surface area contributed by atoms with E-state index in [4.69, 9.17) is 5.73 Å². The number of likely N-dealkylation sites (N-methyl/N-ethyl adjacent to an activating group) is 1. The minimum atomic E-state index is 0.268. The number of rotatable bonds is 1. The molecule has 0 radical (unpaired) electrons. The molecule has 0 aromatic carbocycles. The second-order valence-corrected chi connectivity index (χ2v) is 5.53. The Balaban J connectivity index is 1.98. The van der Waals surface area contributed by atoms with Gasteiger partial charge in [-0.3, -0.25) is 0 Å². The van der Waals surface area contributed by atoms with Gasteiger partial charge in [-0.05, 0) is 38.1 Å². The smallest absolute Gasteiger partial charge is 0.137 e. The number of fused-ring (bicyclic) bond motifs is 1. The molecule has 3 rings (SSSR count). The average molecular weight is 244 g/mol. The van der Waals surface area contributed by atoms with Crippen molar-refractivity contribution in [2.45, 2.75) is 25.3 Å². The van der Waals surface area contributed by atoms with Gasteiger partial charge >= 0.3 is 0 Å². The van der Waals surface area contributed by atoms with Gasteiger partial charge in [-0.2, -0.15) is 0 Å². The molecule has 0 spiro atoms. The van der Waals surface area contributed by atoms with E-state index in [1.165, 1.54) is 11.3 Å². The lowest BCUT2D eigenvalue weighted by Crippen LogP contribution is -2.44. The molecular weight excluding hydrogens is 224 g/mol. The average Bonchev–Trinajstić information content (AvgIpc) is 2.70. The van der Waals surface area contributed by atoms with E-state index < -0.39 is 0 Å². The number of likely N-dealkylation sites (tertiary alicyclic amines) is 1. The summed E-state index contributed by atoms with van der Waals surface area (Å²) in [7, 11) is 2.14. The van der Waals surface area contributed by atoms with Gasteiger partial charge in [-0.1, -0.05) is 0 Å². The Hall–Kier alpha value is -1.39. The Labute approximate surface area is 107 Å². The van der Waals surface area contributed by atoms with Crippen molar-refractivity contribution in [3.8, 4) is 0 Å². The Morgan fingerprint density at radius 3 is 3.00 bits per heavy atom. The van der Waals surface area contributed by atoms with Gasteiger partial charge in [0.2, 0.25) is 0 Å². The molecule has 1 aliphatic heterocycles. The molecule has 1 fully saturated rings. The molecule has 2 atom stereocenters. The van der Waals surface area contributed by atoms with Crippen molar-refractivity contribution in [1.82, 2.24) is 14.3 Å². The highest BCUT2D eigenvalue weighted by Crippen LogP contribution is 2.26. The molecule has 0 amide bonds. The fraction of sp³-hybridized carbons (Fsp3) is 0.500. The highest BCUT2D eigenvalue weighted by Gasteiger charge is 2.26. The molecule has 18 heavy (non-hydrogen) atoms. The monoisotopic (exact) mass is 244 g/mol. The minimum Gasteiger partial charge on any atom is -0.327 e.